The number of carboxylic acid groups (broad SMARTS) is 1. The number of H-pyrrole nitrogens is 1. The van der Waals surface area contributed by atoms with Gasteiger partial charge in [0, 0.05) is 17.8 Å². The number of nitrogens with zero attached hydrogens (tertiary/aromatic N) is 3. The maximum absolute atomic E-state index is 14.3. The molecule has 0 saturated carbocycles. The highest BCUT2D eigenvalue weighted by atomic mass is 19.4. The van der Waals surface area contributed by atoms with E-state index in [0.717, 1.165) is 6.07 Å². The van der Waals surface area contributed by atoms with Crippen LogP contribution in [0, 0.1) is 5.82 Å². The van der Waals surface area contributed by atoms with Crippen LogP contribution in [0.15, 0.2) is 59.3 Å². The Morgan fingerprint density at radius 1 is 1.18 bits per heavy atom. The Hall–Kier alpha value is -4.61. The van der Waals surface area contributed by atoms with Gasteiger partial charge in [0.25, 0.3) is 0 Å². The second-order valence-electron chi connectivity index (χ2n) is 9.38. The Labute approximate surface area is 225 Å². The minimum atomic E-state index is -4.72. The molecule has 0 amide bonds. The van der Waals surface area contributed by atoms with Crippen molar-refractivity contribution in [2.45, 2.75) is 38.5 Å². The summed E-state index contributed by atoms with van der Waals surface area (Å²) in [6.45, 7) is 3.46. The fourth-order valence-electron chi connectivity index (χ4n) is 4.45. The van der Waals surface area contributed by atoms with E-state index in [1.165, 1.54) is 42.3 Å². The lowest BCUT2D eigenvalue weighted by atomic mass is 9.94. The molecule has 0 fully saturated rings. The number of fused-ring (bicyclic) bond motifs is 1. The summed E-state index contributed by atoms with van der Waals surface area (Å²) >= 11 is 0. The molecule has 2 aromatic heterocycles. The minimum absolute atomic E-state index is 0.0172. The molecule has 0 bridgehead atoms. The van der Waals surface area contributed by atoms with Crippen LogP contribution >= 0.6 is 0 Å². The van der Waals surface area contributed by atoms with E-state index in [-0.39, 0.29) is 47.3 Å². The average Bonchev–Trinajstić information content (AvgIpc) is 3.58. The third-order valence-electron chi connectivity index (χ3n) is 6.71. The molecule has 2 N–H and O–H groups in total. The Kier molecular flexibility index (Phi) is 6.86. The second-order valence-corrected chi connectivity index (χ2v) is 9.38. The molecule has 3 heterocycles. The Balaban J connectivity index is 1.48. The molecule has 208 valence electrons. The van der Waals surface area contributed by atoms with Crippen molar-refractivity contribution in [3.63, 3.8) is 0 Å². The van der Waals surface area contributed by atoms with Crippen LogP contribution < -0.4 is 4.74 Å². The summed E-state index contributed by atoms with van der Waals surface area (Å²) in [6, 6.07) is 10.8. The number of aromatic nitrogens is 3. The molecular formula is C28H24F4N4O4. The van der Waals surface area contributed by atoms with Crippen LogP contribution in [0.25, 0.3) is 28.7 Å². The summed E-state index contributed by atoms with van der Waals surface area (Å²) in [4.78, 5) is 21.5. The van der Waals surface area contributed by atoms with Crippen molar-refractivity contribution in [3.8, 4) is 28.4 Å². The van der Waals surface area contributed by atoms with Crippen LogP contribution in [0.2, 0.25) is 0 Å². The zero-order valence-corrected chi connectivity index (χ0v) is 21.4. The van der Waals surface area contributed by atoms with Crippen LogP contribution in [0.3, 0.4) is 0 Å². The molecule has 5 rings (SSSR count). The number of ether oxygens (including phenoxy) is 1. The summed E-state index contributed by atoms with van der Waals surface area (Å²) in [7, 11) is 0. The molecule has 1 atom stereocenters. The normalized spacial score (nSPS) is 14.6. The lowest BCUT2D eigenvalue weighted by Gasteiger charge is -2.36. The average molecular weight is 557 g/mol. The molecule has 1 aliphatic rings. The molecule has 12 heteroatoms. The molecule has 40 heavy (non-hydrogen) atoms. The van der Waals surface area contributed by atoms with Crippen molar-refractivity contribution in [1.29, 1.82) is 0 Å². The lowest BCUT2D eigenvalue weighted by molar-refractivity contribution is -0.151. The largest absolute Gasteiger partial charge is 0.494 e. The topological polar surface area (TPSA) is 104 Å². The highest BCUT2D eigenvalue weighted by Gasteiger charge is 2.46. The van der Waals surface area contributed by atoms with Gasteiger partial charge in [0.05, 0.1) is 35.7 Å². The van der Waals surface area contributed by atoms with Crippen molar-refractivity contribution >= 4 is 12.0 Å². The maximum atomic E-state index is 14.3. The van der Waals surface area contributed by atoms with E-state index >= 15 is 0 Å². The van der Waals surface area contributed by atoms with Gasteiger partial charge >= 0.3 is 12.1 Å². The molecule has 0 spiro atoms. The lowest BCUT2D eigenvalue weighted by Crippen LogP contribution is -2.47. The van der Waals surface area contributed by atoms with Crippen molar-refractivity contribution in [3.05, 3.63) is 83.3 Å². The summed E-state index contributed by atoms with van der Waals surface area (Å²) in [5, 5.41) is 14.1. The molecular weight excluding hydrogens is 532 g/mol. The third-order valence-corrected chi connectivity index (χ3v) is 6.71. The number of benzene rings is 2. The van der Waals surface area contributed by atoms with Crippen molar-refractivity contribution in [2.75, 3.05) is 6.61 Å². The van der Waals surface area contributed by atoms with Crippen LogP contribution in [-0.4, -0.2) is 37.7 Å². The monoisotopic (exact) mass is 556 g/mol. The third kappa shape index (κ3) is 4.80. The summed E-state index contributed by atoms with van der Waals surface area (Å²) in [6.07, 6.45) is -1.04. The highest BCUT2D eigenvalue weighted by Crippen LogP contribution is 2.41. The number of carboxylic acids is 1. The number of aliphatic carboxylic acids is 1. The van der Waals surface area contributed by atoms with E-state index in [9.17, 15) is 27.5 Å². The van der Waals surface area contributed by atoms with Gasteiger partial charge in [-0.05, 0) is 49.8 Å². The molecule has 0 aliphatic carbocycles. The molecule has 1 aliphatic heterocycles. The first-order valence-electron chi connectivity index (χ1n) is 12.4. The molecule has 0 saturated heterocycles. The molecule has 4 aromatic rings. The highest BCUT2D eigenvalue weighted by molar-refractivity contribution is 5.81. The molecule has 1 unspecified atom stereocenters. The van der Waals surface area contributed by atoms with E-state index in [1.807, 2.05) is 6.92 Å². The van der Waals surface area contributed by atoms with E-state index in [1.54, 1.807) is 24.3 Å². The van der Waals surface area contributed by atoms with Crippen molar-refractivity contribution < 1.29 is 36.7 Å². The Morgan fingerprint density at radius 3 is 2.65 bits per heavy atom. The van der Waals surface area contributed by atoms with E-state index in [2.05, 4.69) is 15.1 Å². The van der Waals surface area contributed by atoms with Gasteiger partial charge in [0.2, 0.25) is 0 Å². The number of carbonyl (C=O) groups is 1. The predicted molar refractivity (Wildman–Crippen MR) is 136 cm³/mol. The first-order chi connectivity index (χ1) is 19.0. The Morgan fingerprint density at radius 2 is 1.95 bits per heavy atom. The molecule has 2 aromatic carbocycles. The number of aromatic amines is 1. The van der Waals surface area contributed by atoms with Gasteiger partial charge in [-0.1, -0.05) is 24.2 Å². The number of alkyl halides is 3. The Bertz CT molecular complexity index is 1590. The van der Waals surface area contributed by atoms with Crippen LogP contribution in [0.5, 0.6) is 5.75 Å². The fraction of sp³-hybridized carbons (Fsp3) is 0.250. The fourth-order valence-corrected chi connectivity index (χ4v) is 4.45. The van der Waals surface area contributed by atoms with Gasteiger partial charge in [-0.15, -0.1) is 0 Å². The van der Waals surface area contributed by atoms with Crippen LogP contribution in [0.4, 0.5) is 17.6 Å². The number of imidazole rings is 1. The maximum Gasteiger partial charge on any atom is 0.417 e. The predicted octanol–water partition coefficient (Wildman–Crippen LogP) is 6.46. The van der Waals surface area contributed by atoms with E-state index in [0.29, 0.717) is 17.8 Å². The SMILES string of the molecule is CCCOc1ccc(-c2cc(C(C)(C(=O)O)N3C=Cc4nc(-c5ccccc5F)[nH]c4C3)on2)c(C(F)(F)F)c1. The molecule has 0 radical (unpaired) electrons. The van der Waals surface area contributed by atoms with Crippen LogP contribution in [-0.2, 0) is 23.1 Å². The number of hydrogen-bond donors (Lipinski definition) is 2. The van der Waals surface area contributed by atoms with E-state index < -0.39 is 29.1 Å². The zero-order chi connectivity index (χ0) is 28.7. The minimum Gasteiger partial charge on any atom is -0.494 e. The van der Waals surface area contributed by atoms with E-state index in [4.69, 9.17) is 9.26 Å². The number of rotatable bonds is 8. The zero-order valence-electron chi connectivity index (χ0n) is 21.4. The van der Waals surface area contributed by atoms with Gasteiger partial charge in [-0.25, -0.2) is 14.2 Å². The number of hydrogen-bond acceptors (Lipinski definition) is 6. The van der Waals surface area contributed by atoms with Crippen LogP contribution in [0.1, 0.15) is 43.0 Å². The quantitative estimate of drug-likeness (QED) is 0.240. The molecule has 8 nitrogen and oxygen atoms in total. The smallest absolute Gasteiger partial charge is 0.417 e. The number of nitrogens with one attached hydrogen (secondary N) is 1. The van der Waals surface area contributed by atoms with Gasteiger partial charge in [0.15, 0.2) is 11.3 Å². The van der Waals surface area contributed by atoms with Gasteiger partial charge in [-0.2, -0.15) is 13.2 Å². The summed E-state index contributed by atoms with van der Waals surface area (Å²) in [5.41, 5.74) is -2.02. The number of halogens is 4. The summed E-state index contributed by atoms with van der Waals surface area (Å²) < 4.78 is 66.8. The first kappa shape index (κ1) is 27.0. The van der Waals surface area contributed by atoms with Gasteiger partial charge < -0.3 is 24.3 Å². The van der Waals surface area contributed by atoms with Crippen molar-refractivity contribution in [1.82, 2.24) is 20.0 Å². The van der Waals surface area contributed by atoms with Crippen molar-refractivity contribution in [2.24, 2.45) is 0 Å². The van der Waals surface area contributed by atoms with Gasteiger partial charge in [0.1, 0.15) is 23.1 Å². The van der Waals surface area contributed by atoms with Gasteiger partial charge in [-0.3, -0.25) is 0 Å². The first-order valence-corrected chi connectivity index (χ1v) is 12.4. The second kappa shape index (κ2) is 10.2. The standard InChI is InChI=1S/C28H24F4N4O4/c1-3-12-39-16-8-9-17(19(13-16)28(30,31)32)22-14-24(40-35-22)27(2,26(37)38)36-11-10-21-23(15-36)34-25(33-21)18-6-4-5-7-20(18)29/h4-11,13-14H,3,12,15H2,1-2H3,(H,33,34)(H,37,38). The summed E-state index contributed by atoms with van der Waals surface area (Å²) in [5.74, 6) is -1.64.